The van der Waals surface area contributed by atoms with Crippen molar-refractivity contribution in [2.45, 2.75) is 31.7 Å². The fourth-order valence-electron chi connectivity index (χ4n) is 1.34. The third-order valence-electron chi connectivity index (χ3n) is 2.21. The van der Waals surface area contributed by atoms with E-state index in [1.807, 2.05) is 6.92 Å². The minimum Gasteiger partial charge on any atom is -0.381 e. The Labute approximate surface area is 86.0 Å². The van der Waals surface area contributed by atoms with Crippen molar-refractivity contribution in [1.82, 2.24) is 0 Å². The zero-order valence-corrected chi connectivity index (χ0v) is 8.86. The largest absolute Gasteiger partial charge is 0.534 e. The van der Waals surface area contributed by atoms with Gasteiger partial charge in [0.05, 0.1) is 0 Å². The molecule has 1 atom stereocenters. The van der Waals surface area contributed by atoms with Gasteiger partial charge < -0.3 is 4.18 Å². The Hall–Kier alpha value is -0.720. The van der Waals surface area contributed by atoms with E-state index < -0.39 is 15.6 Å². The van der Waals surface area contributed by atoms with E-state index in [-0.39, 0.29) is 18.1 Å². The number of hydrogen-bond acceptors (Lipinski definition) is 3. The Morgan fingerprint density at radius 1 is 1.53 bits per heavy atom. The molecule has 0 amide bonds. The van der Waals surface area contributed by atoms with Crippen LogP contribution >= 0.6 is 0 Å². The van der Waals surface area contributed by atoms with Crippen LogP contribution in [0.2, 0.25) is 0 Å². The third kappa shape index (κ3) is 2.87. The maximum atomic E-state index is 11.9. The van der Waals surface area contributed by atoms with Gasteiger partial charge in [0.15, 0.2) is 0 Å². The van der Waals surface area contributed by atoms with Crippen LogP contribution < -0.4 is 0 Å². The van der Waals surface area contributed by atoms with E-state index in [9.17, 15) is 21.6 Å². The Morgan fingerprint density at radius 3 is 2.53 bits per heavy atom. The van der Waals surface area contributed by atoms with E-state index in [1.165, 1.54) is 6.08 Å². The molecule has 0 saturated heterocycles. The van der Waals surface area contributed by atoms with Crippen LogP contribution in [0.5, 0.6) is 0 Å². The molecule has 0 unspecified atom stereocenters. The highest BCUT2D eigenvalue weighted by Gasteiger charge is 2.49. The summed E-state index contributed by atoms with van der Waals surface area (Å²) in [5, 5.41) is 0. The van der Waals surface area contributed by atoms with Crippen molar-refractivity contribution >= 4 is 10.1 Å². The zero-order chi connectivity index (χ0) is 11.7. The fourth-order valence-corrected chi connectivity index (χ4v) is 1.85. The Balaban J connectivity index is 2.72. The number of rotatable bonds is 3. The van der Waals surface area contributed by atoms with Crippen molar-refractivity contribution in [3.05, 3.63) is 11.8 Å². The quantitative estimate of drug-likeness (QED) is 0.566. The summed E-state index contributed by atoms with van der Waals surface area (Å²) in [6.07, 6.45) is 3.09. The van der Waals surface area contributed by atoms with Gasteiger partial charge in [-0.25, -0.2) is 0 Å². The Morgan fingerprint density at radius 2 is 2.13 bits per heavy atom. The lowest BCUT2D eigenvalue weighted by Crippen LogP contribution is -2.25. The SMILES string of the molecule is CC[C@H]1C=C(OS(=O)(=O)C(F)(F)F)CC1. The van der Waals surface area contributed by atoms with Gasteiger partial charge in [-0.2, -0.15) is 21.6 Å². The van der Waals surface area contributed by atoms with Crippen LogP contribution in [0, 0.1) is 5.92 Å². The van der Waals surface area contributed by atoms with Gasteiger partial charge in [-0.1, -0.05) is 6.92 Å². The first-order chi connectivity index (χ1) is 6.76. The van der Waals surface area contributed by atoms with Crippen LogP contribution in [-0.4, -0.2) is 13.9 Å². The predicted molar refractivity (Wildman–Crippen MR) is 47.2 cm³/mol. The average molecular weight is 244 g/mol. The van der Waals surface area contributed by atoms with Gasteiger partial charge in [0.2, 0.25) is 0 Å². The van der Waals surface area contributed by atoms with Crippen LogP contribution in [0.3, 0.4) is 0 Å². The van der Waals surface area contributed by atoms with Crippen LogP contribution in [-0.2, 0) is 14.3 Å². The predicted octanol–water partition coefficient (Wildman–Crippen LogP) is 2.56. The van der Waals surface area contributed by atoms with Gasteiger partial charge in [0.1, 0.15) is 5.76 Å². The standard InChI is InChI=1S/C8H11F3O3S/c1-2-6-3-4-7(5-6)14-15(12,13)8(9,10)11/h5-6H,2-4H2,1H3/t6-/m1/s1. The molecule has 0 aliphatic heterocycles. The first-order valence-corrected chi connectivity index (χ1v) is 5.88. The molecule has 1 aliphatic carbocycles. The maximum absolute atomic E-state index is 11.9. The molecule has 0 bridgehead atoms. The molecule has 0 radical (unpaired) electrons. The number of hydrogen-bond donors (Lipinski definition) is 0. The normalized spacial score (nSPS) is 22.7. The highest BCUT2D eigenvalue weighted by Crippen LogP contribution is 2.32. The Kier molecular flexibility index (Phi) is 3.32. The van der Waals surface area contributed by atoms with Crippen molar-refractivity contribution < 1.29 is 25.8 Å². The molecule has 0 heterocycles. The van der Waals surface area contributed by atoms with Crippen molar-refractivity contribution in [3.63, 3.8) is 0 Å². The fraction of sp³-hybridized carbons (Fsp3) is 0.750. The highest BCUT2D eigenvalue weighted by atomic mass is 32.2. The second kappa shape index (κ2) is 4.03. The van der Waals surface area contributed by atoms with Crippen molar-refractivity contribution in [2.24, 2.45) is 5.92 Å². The molecule has 1 aliphatic rings. The molecule has 88 valence electrons. The molecule has 0 spiro atoms. The average Bonchev–Trinajstić information content (AvgIpc) is 2.49. The molecular weight excluding hydrogens is 233 g/mol. The lowest BCUT2D eigenvalue weighted by Gasteiger charge is -2.09. The highest BCUT2D eigenvalue weighted by molar-refractivity contribution is 7.87. The van der Waals surface area contributed by atoms with E-state index in [1.54, 1.807) is 0 Å². The zero-order valence-electron chi connectivity index (χ0n) is 8.04. The lowest BCUT2D eigenvalue weighted by atomic mass is 10.1. The number of halogens is 3. The van der Waals surface area contributed by atoms with Crippen molar-refractivity contribution in [2.75, 3.05) is 0 Å². The van der Waals surface area contributed by atoms with Crippen LogP contribution in [0.15, 0.2) is 11.8 Å². The van der Waals surface area contributed by atoms with E-state index in [0.29, 0.717) is 6.42 Å². The van der Waals surface area contributed by atoms with E-state index in [4.69, 9.17) is 0 Å². The molecule has 15 heavy (non-hydrogen) atoms. The van der Waals surface area contributed by atoms with Gasteiger partial charge in [-0.3, -0.25) is 0 Å². The summed E-state index contributed by atoms with van der Waals surface area (Å²) in [5.41, 5.74) is -5.35. The number of alkyl halides is 3. The first-order valence-electron chi connectivity index (χ1n) is 4.47. The van der Waals surface area contributed by atoms with Crippen molar-refractivity contribution in [3.8, 4) is 0 Å². The molecule has 1 rings (SSSR count). The molecular formula is C8H11F3O3S. The van der Waals surface area contributed by atoms with Crippen LogP contribution in [0.4, 0.5) is 13.2 Å². The summed E-state index contributed by atoms with van der Waals surface area (Å²) in [5.74, 6) is 0.0163. The molecule has 0 fully saturated rings. The minimum absolute atomic E-state index is 0.0980. The van der Waals surface area contributed by atoms with E-state index >= 15 is 0 Å². The van der Waals surface area contributed by atoms with E-state index in [0.717, 1.165) is 6.42 Å². The monoisotopic (exact) mass is 244 g/mol. The molecule has 0 aromatic carbocycles. The summed E-state index contributed by atoms with van der Waals surface area (Å²) < 4.78 is 61.0. The molecule has 0 saturated carbocycles. The van der Waals surface area contributed by atoms with Gasteiger partial charge in [0, 0.05) is 6.42 Å². The summed E-state index contributed by atoms with van der Waals surface area (Å²) in [7, 11) is -5.48. The summed E-state index contributed by atoms with van der Waals surface area (Å²) in [6.45, 7) is 1.88. The van der Waals surface area contributed by atoms with Gasteiger partial charge in [-0.05, 0) is 24.8 Å². The molecule has 0 N–H and O–H groups in total. The molecule has 0 aromatic heterocycles. The topological polar surface area (TPSA) is 43.4 Å². The van der Waals surface area contributed by atoms with E-state index in [2.05, 4.69) is 4.18 Å². The smallest absolute Gasteiger partial charge is 0.381 e. The molecule has 0 aromatic rings. The lowest BCUT2D eigenvalue weighted by molar-refractivity contribution is -0.0522. The van der Waals surface area contributed by atoms with Gasteiger partial charge >= 0.3 is 15.6 Å². The first kappa shape index (κ1) is 12.4. The molecule has 3 nitrogen and oxygen atoms in total. The summed E-state index contributed by atoms with van der Waals surface area (Å²) >= 11 is 0. The molecule has 7 heteroatoms. The summed E-state index contributed by atoms with van der Waals surface area (Å²) in [4.78, 5) is 0. The maximum Gasteiger partial charge on any atom is 0.534 e. The second-order valence-corrected chi connectivity index (χ2v) is 4.86. The Bertz CT molecular complexity index is 356. The van der Waals surface area contributed by atoms with Gasteiger partial charge in [-0.15, -0.1) is 0 Å². The van der Waals surface area contributed by atoms with Gasteiger partial charge in [0.25, 0.3) is 0 Å². The second-order valence-electron chi connectivity index (χ2n) is 3.32. The minimum atomic E-state index is -5.48. The van der Waals surface area contributed by atoms with Crippen LogP contribution in [0.25, 0.3) is 0 Å². The number of allylic oxidation sites excluding steroid dienone is 2. The summed E-state index contributed by atoms with van der Waals surface area (Å²) in [6, 6.07) is 0. The third-order valence-corrected chi connectivity index (χ3v) is 3.21. The van der Waals surface area contributed by atoms with Crippen molar-refractivity contribution in [1.29, 1.82) is 0 Å². The van der Waals surface area contributed by atoms with Crippen LogP contribution in [0.1, 0.15) is 26.2 Å².